The van der Waals surface area contributed by atoms with Crippen LogP contribution < -0.4 is 10.1 Å². The largest absolute Gasteiger partial charge is 0.480 e. The Hall–Kier alpha value is -3.27. The van der Waals surface area contributed by atoms with Crippen molar-refractivity contribution >= 4 is 11.9 Å². The van der Waals surface area contributed by atoms with E-state index in [2.05, 4.69) is 10.3 Å². The highest BCUT2D eigenvalue weighted by Gasteiger charge is 2.29. The molecule has 0 saturated heterocycles. The van der Waals surface area contributed by atoms with Gasteiger partial charge in [0.15, 0.2) is 0 Å². The van der Waals surface area contributed by atoms with Gasteiger partial charge in [-0.15, -0.1) is 0 Å². The fourth-order valence-electron chi connectivity index (χ4n) is 3.64. The van der Waals surface area contributed by atoms with Gasteiger partial charge in [0.2, 0.25) is 5.88 Å². The predicted molar refractivity (Wildman–Crippen MR) is 105 cm³/mol. The number of nitrogens with one attached hydrogen (secondary N) is 1. The molecule has 7 heteroatoms. The zero-order valence-corrected chi connectivity index (χ0v) is 15.8. The maximum absolute atomic E-state index is 11.8. The molecule has 1 aromatic heterocycles. The second kappa shape index (κ2) is 9.09. The molecule has 1 saturated carbocycles. The summed E-state index contributed by atoms with van der Waals surface area (Å²) in [5, 5.41) is 22.1. The topological polar surface area (TPSA) is 98.5 Å². The molecule has 1 heterocycles. The number of carbonyl (C=O) groups is 1. The van der Waals surface area contributed by atoms with Crippen LogP contribution in [0.2, 0.25) is 0 Å². The van der Waals surface area contributed by atoms with E-state index in [1.165, 1.54) is 7.11 Å². The minimum atomic E-state index is -0.876. The molecule has 0 atom stereocenters. The van der Waals surface area contributed by atoms with Crippen molar-refractivity contribution in [3.05, 3.63) is 53.6 Å². The number of nitrogens with zero attached hydrogens (tertiary/aromatic N) is 3. The minimum absolute atomic E-state index is 0.0132. The number of pyridine rings is 1. The average molecular weight is 380 g/mol. The molecule has 0 bridgehead atoms. The van der Waals surface area contributed by atoms with Crippen LogP contribution in [0.5, 0.6) is 5.88 Å². The maximum Gasteiger partial charge on any atom is 0.407 e. The fraction of sp³-hybridized carbons (Fsp3) is 0.381. The molecule has 28 heavy (non-hydrogen) atoms. The van der Waals surface area contributed by atoms with Crippen LogP contribution in [0, 0.1) is 11.3 Å². The van der Waals surface area contributed by atoms with Crippen LogP contribution in [-0.2, 0) is 6.54 Å². The summed E-state index contributed by atoms with van der Waals surface area (Å²) in [6.07, 6.45) is 2.42. The van der Waals surface area contributed by atoms with E-state index in [-0.39, 0.29) is 12.1 Å². The molecule has 0 unspecified atom stereocenters. The summed E-state index contributed by atoms with van der Waals surface area (Å²) >= 11 is 0. The number of hydrogen-bond donors (Lipinski definition) is 2. The number of methoxy groups -OCH3 is 1. The summed E-state index contributed by atoms with van der Waals surface area (Å²) in [6, 6.07) is 15.4. The molecule has 1 fully saturated rings. The summed E-state index contributed by atoms with van der Waals surface area (Å²) in [5.41, 5.74) is 1.40. The van der Waals surface area contributed by atoms with E-state index >= 15 is 0 Å². The van der Waals surface area contributed by atoms with E-state index < -0.39 is 6.09 Å². The third-order valence-electron chi connectivity index (χ3n) is 5.11. The van der Waals surface area contributed by atoms with E-state index in [4.69, 9.17) is 10.00 Å². The monoisotopic (exact) mass is 380 g/mol. The van der Waals surface area contributed by atoms with Gasteiger partial charge >= 0.3 is 6.09 Å². The summed E-state index contributed by atoms with van der Waals surface area (Å²) < 4.78 is 5.15. The van der Waals surface area contributed by atoms with Crippen LogP contribution in [0.3, 0.4) is 0 Å². The summed E-state index contributed by atoms with van der Waals surface area (Å²) in [7, 11) is 1.49. The molecule has 1 aliphatic carbocycles. The zero-order chi connectivity index (χ0) is 19.9. The summed E-state index contributed by atoms with van der Waals surface area (Å²) in [5.74, 6) is 0.972. The second-order valence-electron chi connectivity index (χ2n) is 6.91. The number of anilines is 1. The van der Waals surface area contributed by atoms with Gasteiger partial charge in [-0.1, -0.05) is 30.3 Å². The Labute approximate surface area is 164 Å². The number of nitriles is 1. The van der Waals surface area contributed by atoms with Crippen molar-refractivity contribution in [2.45, 2.75) is 44.3 Å². The van der Waals surface area contributed by atoms with Crippen molar-refractivity contribution in [1.82, 2.24) is 9.88 Å². The number of benzene rings is 1. The normalized spacial score (nSPS) is 18.7. The number of carboxylic acid groups (broad SMARTS) is 1. The van der Waals surface area contributed by atoms with Crippen LogP contribution in [0.1, 0.15) is 36.8 Å². The summed E-state index contributed by atoms with van der Waals surface area (Å²) in [6.45, 7) is 0.410. The van der Waals surface area contributed by atoms with Crippen LogP contribution in [0.4, 0.5) is 10.6 Å². The van der Waals surface area contributed by atoms with Crippen molar-refractivity contribution < 1.29 is 14.6 Å². The fourth-order valence-corrected chi connectivity index (χ4v) is 3.64. The van der Waals surface area contributed by atoms with Crippen molar-refractivity contribution in [3.8, 4) is 11.9 Å². The maximum atomic E-state index is 11.8. The van der Waals surface area contributed by atoms with E-state index in [1.54, 1.807) is 17.0 Å². The highest BCUT2D eigenvalue weighted by Crippen LogP contribution is 2.27. The third kappa shape index (κ3) is 4.71. The molecular weight excluding hydrogens is 356 g/mol. The van der Waals surface area contributed by atoms with Gasteiger partial charge < -0.3 is 20.1 Å². The van der Waals surface area contributed by atoms with Crippen molar-refractivity contribution in [3.63, 3.8) is 0 Å². The first kappa shape index (κ1) is 19.5. The van der Waals surface area contributed by atoms with Gasteiger partial charge in [-0.3, -0.25) is 0 Å². The molecule has 0 spiro atoms. The molecule has 2 aromatic rings. The van der Waals surface area contributed by atoms with Gasteiger partial charge in [0.25, 0.3) is 0 Å². The van der Waals surface area contributed by atoms with Crippen LogP contribution in [0.25, 0.3) is 0 Å². The zero-order valence-electron chi connectivity index (χ0n) is 15.8. The number of rotatable bonds is 6. The Bertz CT molecular complexity index is 842. The first-order valence-corrected chi connectivity index (χ1v) is 9.36. The molecule has 146 valence electrons. The second-order valence-corrected chi connectivity index (χ2v) is 6.91. The lowest BCUT2D eigenvalue weighted by Crippen LogP contribution is -2.43. The first-order valence-electron chi connectivity index (χ1n) is 9.36. The van der Waals surface area contributed by atoms with E-state index in [1.807, 2.05) is 36.4 Å². The van der Waals surface area contributed by atoms with Crippen molar-refractivity contribution in [2.24, 2.45) is 0 Å². The van der Waals surface area contributed by atoms with Crippen molar-refractivity contribution in [2.75, 3.05) is 12.4 Å². The molecule has 7 nitrogen and oxygen atoms in total. The number of ether oxygens (including phenoxy) is 1. The lowest BCUT2D eigenvalue weighted by atomic mass is 9.90. The lowest BCUT2D eigenvalue weighted by Gasteiger charge is -2.35. The van der Waals surface area contributed by atoms with Gasteiger partial charge in [0, 0.05) is 18.6 Å². The quantitative estimate of drug-likeness (QED) is 0.789. The van der Waals surface area contributed by atoms with Gasteiger partial charge in [0.1, 0.15) is 17.5 Å². The van der Waals surface area contributed by atoms with E-state index in [0.717, 1.165) is 31.2 Å². The Morgan fingerprint density at radius 3 is 2.57 bits per heavy atom. The molecule has 0 radical (unpaired) electrons. The average Bonchev–Trinajstić information content (AvgIpc) is 2.73. The van der Waals surface area contributed by atoms with Crippen molar-refractivity contribution in [1.29, 1.82) is 5.26 Å². The van der Waals surface area contributed by atoms with Gasteiger partial charge in [-0.25, -0.2) is 4.79 Å². The number of aromatic nitrogens is 1. The highest BCUT2D eigenvalue weighted by molar-refractivity contribution is 5.65. The van der Waals surface area contributed by atoms with Crippen LogP contribution in [0.15, 0.2) is 42.5 Å². The minimum Gasteiger partial charge on any atom is -0.480 e. The number of amides is 1. The Morgan fingerprint density at radius 1 is 1.25 bits per heavy atom. The van der Waals surface area contributed by atoms with Crippen LogP contribution >= 0.6 is 0 Å². The predicted octanol–water partition coefficient (Wildman–Crippen LogP) is 3.87. The van der Waals surface area contributed by atoms with Gasteiger partial charge in [0.05, 0.1) is 7.11 Å². The lowest BCUT2D eigenvalue weighted by molar-refractivity contribution is 0.105. The third-order valence-corrected chi connectivity index (χ3v) is 5.11. The molecule has 1 aromatic carbocycles. The van der Waals surface area contributed by atoms with Gasteiger partial charge in [-0.05, 0) is 43.4 Å². The molecule has 1 aliphatic rings. The molecule has 3 rings (SSSR count). The summed E-state index contributed by atoms with van der Waals surface area (Å²) in [4.78, 5) is 17.7. The van der Waals surface area contributed by atoms with E-state index in [0.29, 0.717) is 23.8 Å². The standard InChI is InChI=1S/C21H24N4O3/c1-28-20-16(13-22)7-12-19(24-20)23-17-8-10-18(11-9-17)25(21(26)27)14-15-5-3-2-4-6-15/h2-7,12,17-18H,8-11,14H2,1H3,(H,23,24)(H,26,27). The van der Waals surface area contributed by atoms with E-state index in [9.17, 15) is 9.90 Å². The first-order chi connectivity index (χ1) is 13.6. The smallest absolute Gasteiger partial charge is 0.407 e. The van der Waals surface area contributed by atoms with Crippen LogP contribution in [-0.4, -0.2) is 40.3 Å². The molecule has 0 aliphatic heterocycles. The SMILES string of the molecule is COc1nc(NC2CCC(N(Cc3ccccc3)C(=O)O)CC2)ccc1C#N. The Kier molecular flexibility index (Phi) is 6.33. The molecule has 1 amide bonds. The molecule has 2 N–H and O–H groups in total. The molecular formula is C21H24N4O3. The van der Waals surface area contributed by atoms with Gasteiger partial charge in [-0.2, -0.15) is 10.2 Å². The number of hydrogen-bond acceptors (Lipinski definition) is 5. The Morgan fingerprint density at radius 2 is 1.96 bits per heavy atom. The highest BCUT2D eigenvalue weighted by atomic mass is 16.5. The Balaban J connectivity index is 1.59.